The highest BCUT2D eigenvalue weighted by molar-refractivity contribution is 6.06. The molecule has 0 amide bonds. The third kappa shape index (κ3) is 2.87. The van der Waals surface area contributed by atoms with E-state index in [0.29, 0.717) is 16.4 Å². The van der Waals surface area contributed by atoms with Gasteiger partial charge in [-0.25, -0.2) is 0 Å². The molecule has 1 unspecified atom stereocenters. The number of carbonyl (C=O) groups excluding carboxylic acids is 1. The van der Waals surface area contributed by atoms with Crippen LogP contribution in [0.3, 0.4) is 0 Å². The average molecular weight is 242 g/mol. The molecule has 1 saturated carbocycles. The Bertz CT molecular complexity index is 232. The van der Waals surface area contributed by atoms with Crippen molar-refractivity contribution in [2.45, 2.75) is 59.3 Å². The highest BCUT2D eigenvalue weighted by Crippen LogP contribution is 2.44. The lowest BCUT2D eigenvalue weighted by Gasteiger charge is -2.36. The fraction of sp³-hybridized carbons (Fsp3) is 0.923. The molecule has 0 aliphatic heterocycles. The van der Waals surface area contributed by atoms with E-state index in [1.54, 1.807) is 0 Å². The van der Waals surface area contributed by atoms with Gasteiger partial charge in [0.05, 0.1) is 5.41 Å². The maximum atomic E-state index is 11.9. The SMILES string of the molecule is CCCC(C1CCCC1)C(C)(C)C(=O)O[SiH3]. The van der Waals surface area contributed by atoms with Crippen molar-refractivity contribution in [1.82, 2.24) is 0 Å². The molecule has 0 N–H and O–H groups in total. The second-order valence-corrected chi connectivity index (χ2v) is 6.06. The summed E-state index contributed by atoms with van der Waals surface area (Å²) in [5, 5.41) is 0. The lowest BCUT2D eigenvalue weighted by molar-refractivity contribution is -0.148. The second-order valence-electron chi connectivity index (χ2n) is 5.65. The van der Waals surface area contributed by atoms with Crippen LogP contribution in [0.4, 0.5) is 0 Å². The van der Waals surface area contributed by atoms with E-state index in [9.17, 15) is 4.79 Å². The van der Waals surface area contributed by atoms with Crippen LogP contribution in [0, 0.1) is 17.3 Å². The molecule has 0 bridgehead atoms. The van der Waals surface area contributed by atoms with Crippen LogP contribution in [-0.2, 0) is 9.22 Å². The summed E-state index contributed by atoms with van der Waals surface area (Å²) in [6.45, 7) is 6.36. The molecule has 0 spiro atoms. The standard InChI is InChI=1S/C13H26O2Si/c1-4-7-11(10-8-5-6-9-10)13(2,3)12(14)15-16/h10-11H,4-9H2,1-3,16H3. The molecular weight excluding hydrogens is 216 g/mol. The molecule has 1 aliphatic carbocycles. The number of rotatable bonds is 5. The fourth-order valence-electron chi connectivity index (χ4n) is 3.27. The van der Waals surface area contributed by atoms with Gasteiger partial charge in [-0.2, -0.15) is 0 Å². The van der Waals surface area contributed by atoms with Crippen molar-refractivity contribution in [3.05, 3.63) is 0 Å². The molecule has 1 atom stereocenters. The Labute approximate surface area is 103 Å². The van der Waals surface area contributed by atoms with Gasteiger partial charge in [0, 0.05) is 0 Å². The van der Waals surface area contributed by atoms with Gasteiger partial charge < -0.3 is 4.43 Å². The molecule has 16 heavy (non-hydrogen) atoms. The Balaban J connectivity index is 2.78. The average Bonchev–Trinajstić information content (AvgIpc) is 2.77. The topological polar surface area (TPSA) is 26.3 Å². The van der Waals surface area contributed by atoms with Crippen LogP contribution in [0.5, 0.6) is 0 Å². The Kier molecular flexibility index (Phi) is 5.03. The van der Waals surface area contributed by atoms with Crippen molar-refractivity contribution < 1.29 is 9.22 Å². The van der Waals surface area contributed by atoms with Crippen molar-refractivity contribution in [1.29, 1.82) is 0 Å². The first-order valence-electron chi connectivity index (χ1n) is 6.62. The summed E-state index contributed by atoms with van der Waals surface area (Å²) in [5.41, 5.74) is -0.285. The predicted octanol–water partition coefficient (Wildman–Crippen LogP) is 2.44. The van der Waals surface area contributed by atoms with E-state index >= 15 is 0 Å². The summed E-state index contributed by atoms with van der Waals surface area (Å²) >= 11 is 0. The van der Waals surface area contributed by atoms with E-state index in [-0.39, 0.29) is 11.4 Å². The Morgan fingerprint density at radius 1 is 1.44 bits per heavy atom. The van der Waals surface area contributed by atoms with E-state index in [4.69, 9.17) is 4.43 Å². The normalized spacial score (nSPS) is 19.9. The molecule has 0 radical (unpaired) electrons. The lowest BCUT2D eigenvalue weighted by atomic mass is 9.69. The molecule has 0 saturated heterocycles. The van der Waals surface area contributed by atoms with Crippen LogP contribution >= 0.6 is 0 Å². The molecule has 0 aromatic carbocycles. The molecule has 0 heterocycles. The Hall–Kier alpha value is -0.313. The minimum absolute atomic E-state index is 0.0181. The highest BCUT2D eigenvalue weighted by atomic mass is 28.2. The molecular formula is C13H26O2Si. The third-order valence-corrected chi connectivity index (χ3v) is 4.58. The van der Waals surface area contributed by atoms with Crippen LogP contribution in [0.25, 0.3) is 0 Å². The molecule has 1 rings (SSSR count). The van der Waals surface area contributed by atoms with Gasteiger partial charge in [0.15, 0.2) is 0 Å². The summed E-state index contributed by atoms with van der Waals surface area (Å²) < 4.78 is 5.10. The molecule has 1 fully saturated rings. The van der Waals surface area contributed by atoms with Gasteiger partial charge >= 0.3 is 0 Å². The van der Waals surface area contributed by atoms with Gasteiger partial charge in [0.2, 0.25) is 10.5 Å². The van der Waals surface area contributed by atoms with Crippen LogP contribution in [-0.4, -0.2) is 16.5 Å². The van der Waals surface area contributed by atoms with Crippen molar-refractivity contribution >= 4 is 16.5 Å². The fourth-order valence-corrected chi connectivity index (χ4v) is 3.80. The first-order valence-corrected chi connectivity index (χ1v) is 7.44. The minimum Gasteiger partial charge on any atom is -0.528 e. The number of hydrogen-bond acceptors (Lipinski definition) is 2. The monoisotopic (exact) mass is 242 g/mol. The first kappa shape index (κ1) is 13.8. The zero-order valence-corrected chi connectivity index (χ0v) is 13.2. The van der Waals surface area contributed by atoms with Crippen LogP contribution in [0.15, 0.2) is 0 Å². The van der Waals surface area contributed by atoms with Crippen LogP contribution in [0.1, 0.15) is 59.3 Å². The maximum Gasteiger partial charge on any atom is 0.297 e. The largest absolute Gasteiger partial charge is 0.528 e. The summed E-state index contributed by atoms with van der Waals surface area (Å²) in [5.74, 6) is 1.28. The third-order valence-electron chi connectivity index (χ3n) is 4.21. The van der Waals surface area contributed by atoms with Gasteiger partial charge in [0.1, 0.15) is 0 Å². The molecule has 1 aliphatic rings. The molecule has 0 aromatic heterocycles. The molecule has 0 aromatic rings. The second kappa shape index (κ2) is 5.85. The van der Waals surface area contributed by atoms with Crippen molar-refractivity contribution in [3.8, 4) is 0 Å². The van der Waals surface area contributed by atoms with Crippen LogP contribution in [0.2, 0.25) is 0 Å². The van der Waals surface area contributed by atoms with Crippen molar-refractivity contribution in [2.75, 3.05) is 0 Å². The van der Waals surface area contributed by atoms with Crippen LogP contribution < -0.4 is 0 Å². The van der Waals surface area contributed by atoms with E-state index in [0.717, 1.165) is 12.3 Å². The lowest BCUT2D eigenvalue weighted by Crippen LogP contribution is -2.37. The van der Waals surface area contributed by atoms with E-state index in [1.807, 2.05) is 0 Å². The van der Waals surface area contributed by atoms with Gasteiger partial charge in [-0.15, -0.1) is 0 Å². The number of hydrogen-bond donors (Lipinski definition) is 0. The van der Waals surface area contributed by atoms with Crippen molar-refractivity contribution in [2.24, 2.45) is 17.3 Å². The molecule has 3 heteroatoms. The van der Waals surface area contributed by atoms with E-state index < -0.39 is 0 Å². The Morgan fingerprint density at radius 3 is 2.44 bits per heavy atom. The van der Waals surface area contributed by atoms with Gasteiger partial charge in [0.25, 0.3) is 5.97 Å². The van der Waals surface area contributed by atoms with Crippen molar-refractivity contribution in [3.63, 3.8) is 0 Å². The quantitative estimate of drug-likeness (QED) is 0.692. The molecule has 2 nitrogen and oxygen atoms in total. The van der Waals surface area contributed by atoms with Gasteiger partial charge in [-0.3, -0.25) is 4.79 Å². The first-order chi connectivity index (χ1) is 7.54. The van der Waals surface area contributed by atoms with Gasteiger partial charge in [-0.05, 0) is 32.1 Å². The minimum atomic E-state index is -0.285. The van der Waals surface area contributed by atoms with Gasteiger partial charge in [-0.1, -0.05) is 39.0 Å². The summed E-state index contributed by atoms with van der Waals surface area (Å²) in [6.07, 6.45) is 7.63. The smallest absolute Gasteiger partial charge is 0.297 e. The number of carbonyl (C=O) groups is 1. The van der Waals surface area contributed by atoms with E-state index in [2.05, 4.69) is 20.8 Å². The maximum absolute atomic E-state index is 11.9. The summed E-state index contributed by atoms with van der Waals surface area (Å²) in [4.78, 5) is 11.9. The Morgan fingerprint density at radius 2 is 2.00 bits per heavy atom. The highest BCUT2D eigenvalue weighted by Gasteiger charge is 2.41. The summed E-state index contributed by atoms with van der Waals surface area (Å²) in [7, 11) is 0.519. The predicted molar refractivity (Wildman–Crippen MR) is 70.2 cm³/mol. The molecule has 94 valence electrons. The summed E-state index contributed by atoms with van der Waals surface area (Å²) in [6, 6.07) is 0. The zero-order chi connectivity index (χ0) is 12.2. The zero-order valence-electron chi connectivity index (χ0n) is 11.2. The van der Waals surface area contributed by atoms with E-state index in [1.165, 1.54) is 32.1 Å².